The van der Waals surface area contributed by atoms with Gasteiger partial charge in [0.2, 0.25) is 5.95 Å². The Morgan fingerprint density at radius 2 is 2.09 bits per heavy atom. The van der Waals surface area contributed by atoms with E-state index in [1.54, 1.807) is 0 Å². The quantitative estimate of drug-likeness (QED) is 0.907. The maximum Gasteiger partial charge on any atom is 0.256 e. The van der Waals surface area contributed by atoms with Crippen molar-refractivity contribution >= 4 is 5.95 Å². The van der Waals surface area contributed by atoms with E-state index in [4.69, 9.17) is 9.26 Å². The second-order valence-corrected chi connectivity index (χ2v) is 6.45. The van der Waals surface area contributed by atoms with Gasteiger partial charge in [0.1, 0.15) is 6.10 Å². The summed E-state index contributed by atoms with van der Waals surface area (Å²) in [7, 11) is 0. The average Bonchev–Trinajstić information content (AvgIpc) is 3.10. The third-order valence-electron chi connectivity index (χ3n) is 4.60. The van der Waals surface area contributed by atoms with Gasteiger partial charge in [0.15, 0.2) is 5.82 Å². The smallest absolute Gasteiger partial charge is 0.256 e. The summed E-state index contributed by atoms with van der Waals surface area (Å²) in [5.41, 5.74) is 2.09. The van der Waals surface area contributed by atoms with Crippen molar-refractivity contribution in [3.8, 4) is 0 Å². The summed E-state index contributed by atoms with van der Waals surface area (Å²) in [6.07, 6.45) is 5.00. The molecule has 2 aromatic rings. The fourth-order valence-corrected chi connectivity index (χ4v) is 2.82. The maximum atomic E-state index is 5.82. The van der Waals surface area contributed by atoms with Crippen LogP contribution in [0.2, 0.25) is 0 Å². The highest BCUT2D eigenvalue weighted by atomic mass is 16.5. The maximum absolute atomic E-state index is 5.82. The van der Waals surface area contributed by atoms with Gasteiger partial charge in [-0.05, 0) is 38.7 Å². The first-order chi connectivity index (χ1) is 11.2. The molecule has 1 N–H and O–H groups in total. The largest absolute Gasteiger partial charge is 0.368 e. The van der Waals surface area contributed by atoms with Gasteiger partial charge < -0.3 is 14.6 Å². The van der Waals surface area contributed by atoms with Gasteiger partial charge in [-0.1, -0.05) is 5.16 Å². The topological polar surface area (TPSA) is 86.0 Å². The predicted octanol–water partition coefficient (Wildman–Crippen LogP) is 2.54. The Bertz CT molecular complexity index is 698. The second kappa shape index (κ2) is 5.88. The number of nitrogens with zero attached hydrogens (tertiary/aromatic N) is 4. The van der Waals surface area contributed by atoms with E-state index in [0.717, 1.165) is 30.0 Å². The molecule has 7 nitrogen and oxygen atoms in total. The number of aryl methyl sites for hydroxylation is 2. The van der Waals surface area contributed by atoms with Crippen LogP contribution in [0.25, 0.3) is 0 Å². The Labute approximate surface area is 134 Å². The molecule has 1 saturated carbocycles. The highest BCUT2D eigenvalue weighted by Crippen LogP contribution is 2.40. The van der Waals surface area contributed by atoms with E-state index >= 15 is 0 Å². The number of anilines is 1. The van der Waals surface area contributed by atoms with Crippen LogP contribution in [0.1, 0.15) is 54.3 Å². The zero-order valence-corrected chi connectivity index (χ0v) is 13.5. The standard InChI is InChI=1S/C16H21N5O2/c1-9-7-17-16(19-10(9)2)18-8-12-5-6-22-13(12)15-20-14(21-23-15)11-3-4-11/h7,11-13H,3-6,8H2,1-2H3,(H,17,18,19)/t12-,13-/m0/s1. The Hall–Kier alpha value is -2.02. The van der Waals surface area contributed by atoms with Gasteiger partial charge in [0, 0.05) is 36.9 Å². The number of rotatable bonds is 5. The van der Waals surface area contributed by atoms with Gasteiger partial charge in [0.25, 0.3) is 5.89 Å². The van der Waals surface area contributed by atoms with Crippen molar-refractivity contribution in [2.75, 3.05) is 18.5 Å². The number of hydrogen-bond donors (Lipinski definition) is 1. The first kappa shape index (κ1) is 14.6. The van der Waals surface area contributed by atoms with Gasteiger partial charge in [0.05, 0.1) is 0 Å². The van der Waals surface area contributed by atoms with Crippen LogP contribution in [0.5, 0.6) is 0 Å². The van der Waals surface area contributed by atoms with Gasteiger partial charge in [-0.15, -0.1) is 0 Å². The number of ether oxygens (including phenoxy) is 1. The van der Waals surface area contributed by atoms with Crippen LogP contribution in [0, 0.1) is 19.8 Å². The fourth-order valence-electron chi connectivity index (χ4n) is 2.82. The van der Waals surface area contributed by atoms with Crippen molar-refractivity contribution in [3.63, 3.8) is 0 Å². The van der Waals surface area contributed by atoms with Crippen molar-refractivity contribution in [2.24, 2.45) is 5.92 Å². The van der Waals surface area contributed by atoms with E-state index in [9.17, 15) is 0 Å². The average molecular weight is 315 g/mol. The van der Waals surface area contributed by atoms with Crippen LogP contribution in [-0.2, 0) is 4.74 Å². The summed E-state index contributed by atoms with van der Waals surface area (Å²) in [6, 6.07) is 0. The second-order valence-electron chi connectivity index (χ2n) is 6.45. The Kier molecular flexibility index (Phi) is 3.72. The first-order valence-electron chi connectivity index (χ1n) is 8.20. The molecule has 4 rings (SSSR count). The van der Waals surface area contributed by atoms with E-state index < -0.39 is 0 Å². The van der Waals surface area contributed by atoms with Crippen molar-refractivity contribution in [3.05, 3.63) is 29.2 Å². The van der Waals surface area contributed by atoms with Gasteiger partial charge in [-0.25, -0.2) is 9.97 Å². The van der Waals surface area contributed by atoms with Gasteiger partial charge >= 0.3 is 0 Å². The molecule has 0 unspecified atom stereocenters. The lowest BCUT2D eigenvalue weighted by atomic mass is 10.0. The summed E-state index contributed by atoms with van der Waals surface area (Å²) in [5, 5.41) is 7.39. The highest BCUT2D eigenvalue weighted by molar-refractivity contribution is 5.28. The molecule has 1 aliphatic heterocycles. The SMILES string of the molecule is Cc1cnc(NC[C@@H]2CCO[C@@H]2c2nc(C3CC3)no2)nc1C. The van der Waals surface area contributed by atoms with Crippen molar-refractivity contribution in [1.82, 2.24) is 20.1 Å². The molecule has 7 heteroatoms. The monoisotopic (exact) mass is 315 g/mol. The molecule has 0 aromatic carbocycles. The van der Waals surface area contributed by atoms with Crippen molar-refractivity contribution in [2.45, 2.75) is 45.1 Å². The third kappa shape index (κ3) is 3.06. The minimum atomic E-state index is -0.131. The number of aromatic nitrogens is 4. The lowest BCUT2D eigenvalue weighted by Gasteiger charge is -2.15. The lowest BCUT2D eigenvalue weighted by Crippen LogP contribution is -2.19. The molecule has 2 atom stereocenters. The van der Waals surface area contributed by atoms with E-state index in [2.05, 4.69) is 25.4 Å². The molecule has 3 heterocycles. The Balaban J connectivity index is 1.41. The van der Waals surface area contributed by atoms with Crippen LogP contribution in [0.15, 0.2) is 10.7 Å². The van der Waals surface area contributed by atoms with Gasteiger partial charge in [-0.3, -0.25) is 0 Å². The minimum absolute atomic E-state index is 0.131. The zero-order chi connectivity index (χ0) is 15.8. The van der Waals surface area contributed by atoms with E-state index in [0.29, 0.717) is 24.4 Å². The van der Waals surface area contributed by atoms with E-state index in [1.165, 1.54) is 12.8 Å². The van der Waals surface area contributed by atoms with Crippen LogP contribution >= 0.6 is 0 Å². The van der Waals surface area contributed by atoms with E-state index in [1.807, 2.05) is 20.0 Å². The van der Waals surface area contributed by atoms with Crippen molar-refractivity contribution < 1.29 is 9.26 Å². The molecular weight excluding hydrogens is 294 g/mol. The number of hydrogen-bond acceptors (Lipinski definition) is 7. The summed E-state index contributed by atoms with van der Waals surface area (Å²) in [6.45, 7) is 5.44. The fraction of sp³-hybridized carbons (Fsp3) is 0.625. The molecule has 1 aliphatic carbocycles. The molecule has 0 amide bonds. The van der Waals surface area contributed by atoms with Crippen molar-refractivity contribution in [1.29, 1.82) is 0 Å². The lowest BCUT2D eigenvalue weighted by molar-refractivity contribution is 0.0649. The molecular formula is C16H21N5O2. The highest BCUT2D eigenvalue weighted by Gasteiger charge is 2.36. The molecule has 2 aliphatic rings. The molecule has 23 heavy (non-hydrogen) atoms. The van der Waals surface area contributed by atoms with Gasteiger partial charge in [-0.2, -0.15) is 4.98 Å². The van der Waals surface area contributed by atoms with Crippen LogP contribution in [-0.4, -0.2) is 33.3 Å². The van der Waals surface area contributed by atoms with Crippen LogP contribution in [0.4, 0.5) is 5.95 Å². The Morgan fingerprint density at radius 3 is 2.87 bits per heavy atom. The summed E-state index contributed by atoms with van der Waals surface area (Å²) in [5.74, 6) is 2.88. The molecule has 0 radical (unpaired) electrons. The number of nitrogens with one attached hydrogen (secondary N) is 1. The molecule has 2 aromatic heterocycles. The van der Waals surface area contributed by atoms with E-state index in [-0.39, 0.29) is 12.0 Å². The normalized spacial score (nSPS) is 24.1. The summed E-state index contributed by atoms with van der Waals surface area (Å²) in [4.78, 5) is 13.3. The molecule has 0 spiro atoms. The molecule has 122 valence electrons. The molecule has 1 saturated heterocycles. The Morgan fingerprint density at radius 1 is 1.22 bits per heavy atom. The minimum Gasteiger partial charge on any atom is -0.368 e. The predicted molar refractivity (Wildman–Crippen MR) is 83.1 cm³/mol. The third-order valence-corrected chi connectivity index (χ3v) is 4.60. The molecule has 0 bridgehead atoms. The zero-order valence-electron chi connectivity index (χ0n) is 13.5. The summed E-state index contributed by atoms with van der Waals surface area (Å²) >= 11 is 0. The van der Waals surface area contributed by atoms with Crippen LogP contribution < -0.4 is 5.32 Å². The first-order valence-corrected chi connectivity index (χ1v) is 8.20. The summed E-state index contributed by atoms with van der Waals surface area (Å²) < 4.78 is 11.2. The van der Waals surface area contributed by atoms with Crippen LogP contribution in [0.3, 0.4) is 0 Å². The molecule has 2 fully saturated rings.